The Bertz CT molecular complexity index is 656. The molecule has 7 heteroatoms. The zero-order valence-corrected chi connectivity index (χ0v) is 11.7. The Morgan fingerprint density at radius 3 is 3.14 bits per heavy atom. The van der Waals surface area contributed by atoms with Gasteiger partial charge in [0.2, 0.25) is 0 Å². The average molecular weight is 291 g/mol. The van der Waals surface area contributed by atoms with Crippen LogP contribution in [-0.4, -0.2) is 48.2 Å². The van der Waals surface area contributed by atoms with Crippen molar-refractivity contribution >= 4 is 22.6 Å². The average Bonchev–Trinajstić information content (AvgIpc) is 2.98. The van der Waals surface area contributed by atoms with E-state index >= 15 is 0 Å². The molecule has 6 nitrogen and oxygen atoms in total. The van der Waals surface area contributed by atoms with Crippen LogP contribution >= 0.6 is 0 Å². The first-order valence-electron chi connectivity index (χ1n) is 7.00. The van der Waals surface area contributed by atoms with Gasteiger partial charge in [-0.15, -0.1) is 0 Å². The van der Waals surface area contributed by atoms with Gasteiger partial charge in [0.25, 0.3) is 5.91 Å². The van der Waals surface area contributed by atoms with Crippen molar-refractivity contribution in [1.29, 1.82) is 0 Å². The number of aromatic amines is 1. The molecular formula is C14H18FN5O. The van der Waals surface area contributed by atoms with E-state index in [1.807, 2.05) is 6.07 Å². The summed E-state index contributed by atoms with van der Waals surface area (Å²) in [7, 11) is 1.57. The molecule has 0 spiro atoms. The molecule has 1 saturated heterocycles. The fourth-order valence-corrected chi connectivity index (χ4v) is 2.64. The molecule has 2 atom stereocenters. The molecule has 21 heavy (non-hydrogen) atoms. The van der Waals surface area contributed by atoms with Gasteiger partial charge in [-0.1, -0.05) is 0 Å². The number of piperidine rings is 1. The van der Waals surface area contributed by atoms with Crippen molar-refractivity contribution < 1.29 is 9.18 Å². The summed E-state index contributed by atoms with van der Waals surface area (Å²) in [6.07, 6.45) is 2.95. The third kappa shape index (κ3) is 2.56. The minimum absolute atomic E-state index is 0.238. The van der Waals surface area contributed by atoms with Crippen molar-refractivity contribution in [2.24, 2.45) is 0 Å². The van der Waals surface area contributed by atoms with Crippen LogP contribution in [0.4, 0.5) is 10.1 Å². The monoisotopic (exact) mass is 291 g/mol. The number of hydrogen-bond donors (Lipinski definition) is 4. The summed E-state index contributed by atoms with van der Waals surface area (Å²) in [4.78, 5) is 19.2. The second-order valence-electron chi connectivity index (χ2n) is 5.13. The van der Waals surface area contributed by atoms with Crippen molar-refractivity contribution in [3.8, 4) is 0 Å². The maximum Gasteiger partial charge on any atom is 0.254 e. The Balaban J connectivity index is 2.01. The normalized spacial score (nSPS) is 22.2. The van der Waals surface area contributed by atoms with Crippen molar-refractivity contribution in [1.82, 2.24) is 20.6 Å². The predicted molar refractivity (Wildman–Crippen MR) is 79.3 cm³/mol. The lowest BCUT2D eigenvalue weighted by molar-refractivity contribution is 0.0963. The third-order valence-corrected chi connectivity index (χ3v) is 3.80. The topological polar surface area (TPSA) is 81.8 Å². The maximum absolute atomic E-state index is 14.0. The van der Waals surface area contributed by atoms with Crippen LogP contribution in [-0.2, 0) is 0 Å². The zero-order chi connectivity index (χ0) is 14.8. The molecule has 112 valence electrons. The van der Waals surface area contributed by atoms with Gasteiger partial charge in [0.15, 0.2) is 0 Å². The number of carbonyl (C=O) groups is 1. The van der Waals surface area contributed by atoms with Gasteiger partial charge in [0.05, 0.1) is 17.3 Å². The third-order valence-electron chi connectivity index (χ3n) is 3.80. The molecular weight excluding hydrogens is 273 g/mol. The minimum atomic E-state index is -0.988. The van der Waals surface area contributed by atoms with E-state index in [2.05, 4.69) is 25.9 Å². The van der Waals surface area contributed by atoms with Gasteiger partial charge >= 0.3 is 0 Å². The van der Waals surface area contributed by atoms with E-state index in [0.717, 1.165) is 11.9 Å². The van der Waals surface area contributed by atoms with Crippen LogP contribution in [0.5, 0.6) is 0 Å². The van der Waals surface area contributed by atoms with Crippen LogP contribution < -0.4 is 16.0 Å². The highest BCUT2D eigenvalue weighted by Gasteiger charge is 2.26. The molecule has 1 aliphatic rings. The number of rotatable bonds is 3. The molecule has 1 aliphatic heterocycles. The number of anilines is 1. The van der Waals surface area contributed by atoms with Gasteiger partial charge in [0, 0.05) is 31.4 Å². The molecule has 1 amide bonds. The minimum Gasteiger partial charge on any atom is -0.378 e. The van der Waals surface area contributed by atoms with Gasteiger partial charge in [-0.05, 0) is 19.0 Å². The number of aromatic nitrogens is 2. The molecule has 4 N–H and O–H groups in total. The van der Waals surface area contributed by atoms with Crippen molar-refractivity contribution in [3.05, 3.63) is 24.0 Å². The van der Waals surface area contributed by atoms with Crippen molar-refractivity contribution in [3.63, 3.8) is 0 Å². The molecule has 0 saturated carbocycles. The van der Waals surface area contributed by atoms with Gasteiger partial charge < -0.3 is 20.9 Å². The SMILES string of the molecule is CNC(=O)c1cnc2[nH]ccc2c1N[C@H]1CCNC[C@H]1F. The van der Waals surface area contributed by atoms with Gasteiger partial charge in [0.1, 0.15) is 11.8 Å². The molecule has 2 aromatic rings. The lowest BCUT2D eigenvalue weighted by atomic mass is 10.0. The van der Waals surface area contributed by atoms with Crippen LogP contribution in [0.25, 0.3) is 11.0 Å². The maximum atomic E-state index is 14.0. The first-order chi connectivity index (χ1) is 10.2. The number of amides is 1. The van der Waals surface area contributed by atoms with E-state index < -0.39 is 6.17 Å². The molecule has 0 unspecified atom stereocenters. The van der Waals surface area contributed by atoms with E-state index in [9.17, 15) is 9.18 Å². The Labute approximate surface area is 121 Å². The Morgan fingerprint density at radius 2 is 2.38 bits per heavy atom. The van der Waals surface area contributed by atoms with Gasteiger partial charge in [-0.25, -0.2) is 9.37 Å². The summed E-state index contributed by atoms with van der Waals surface area (Å²) >= 11 is 0. The molecule has 1 fully saturated rings. The number of H-pyrrole nitrogens is 1. The number of alkyl halides is 1. The Morgan fingerprint density at radius 1 is 1.52 bits per heavy atom. The number of fused-ring (bicyclic) bond motifs is 1. The van der Waals surface area contributed by atoms with E-state index in [1.54, 1.807) is 13.2 Å². The second kappa shape index (κ2) is 5.69. The number of carbonyl (C=O) groups excluding carboxylic acids is 1. The second-order valence-corrected chi connectivity index (χ2v) is 5.13. The quantitative estimate of drug-likeness (QED) is 0.681. The van der Waals surface area contributed by atoms with E-state index in [0.29, 0.717) is 29.9 Å². The fourth-order valence-electron chi connectivity index (χ4n) is 2.64. The molecule has 0 radical (unpaired) electrons. The van der Waals surface area contributed by atoms with Crippen LogP contribution in [0.1, 0.15) is 16.8 Å². The van der Waals surface area contributed by atoms with E-state index in [-0.39, 0.29) is 11.9 Å². The summed E-state index contributed by atoms with van der Waals surface area (Å²) < 4.78 is 14.0. The summed E-state index contributed by atoms with van der Waals surface area (Å²) in [5.41, 5.74) is 1.74. The van der Waals surface area contributed by atoms with Crippen molar-refractivity contribution in [2.75, 3.05) is 25.5 Å². The van der Waals surface area contributed by atoms with E-state index in [4.69, 9.17) is 0 Å². The predicted octanol–water partition coefficient (Wildman–Crippen LogP) is 1.03. The summed E-state index contributed by atoms with van der Waals surface area (Å²) in [6.45, 7) is 1.09. The molecule has 0 bridgehead atoms. The zero-order valence-electron chi connectivity index (χ0n) is 11.7. The van der Waals surface area contributed by atoms with Crippen molar-refractivity contribution in [2.45, 2.75) is 18.6 Å². The van der Waals surface area contributed by atoms with E-state index in [1.165, 1.54) is 6.20 Å². The first-order valence-corrected chi connectivity index (χ1v) is 7.00. The molecule has 2 aromatic heterocycles. The number of halogens is 1. The summed E-state index contributed by atoms with van der Waals surface area (Å²) in [5, 5.41) is 9.61. The van der Waals surface area contributed by atoms with Crippen LogP contribution in [0.2, 0.25) is 0 Å². The highest BCUT2D eigenvalue weighted by atomic mass is 19.1. The highest BCUT2D eigenvalue weighted by molar-refractivity contribution is 6.06. The number of nitrogens with one attached hydrogen (secondary N) is 4. The molecule has 0 aliphatic carbocycles. The number of hydrogen-bond acceptors (Lipinski definition) is 4. The number of nitrogens with zero attached hydrogens (tertiary/aromatic N) is 1. The lowest BCUT2D eigenvalue weighted by Gasteiger charge is -2.29. The Hall–Kier alpha value is -2.15. The number of pyridine rings is 1. The molecule has 0 aromatic carbocycles. The summed E-state index contributed by atoms with van der Waals surface area (Å²) in [5.74, 6) is -0.238. The smallest absolute Gasteiger partial charge is 0.254 e. The molecule has 3 rings (SSSR count). The molecule has 3 heterocycles. The lowest BCUT2D eigenvalue weighted by Crippen LogP contribution is -2.45. The van der Waals surface area contributed by atoms with Crippen LogP contribution in [0.3, 0.4) is 0 Å². The largest absolute Gasteiger partial charge is 0.378 e. The highest BCUT2D eigenvalue weighted by Crippen LogP contribution is 2.27. The van der Waals surface area contributed by atoms with Gasteiger partial charge in [-0.3, -0.25) is 4.79 Å². The van der Waals surface area contributed by atoms with Gasteiger partial charge in [-0.2, -0.15) is 0 Å². The van der Waals surface area contributed by atoms with Crippen LogP contribution in [0, 0.1) is 0 Å². The Kier molecular flexibility index (Phi) is 3.74. The van der Waals surface area contributed by atoms with Crippen LogP contribution in [0.15, 0.2) is 18.5 Å². The summed E-state index contributed by atoms with van der Waals surface area (Å²) in [6, 6.07) is 1.53. The standard InChI is InChI=1S/C14H18FN5O/c1-16-14(21)9-6-19-13-8(2-5-18-13)12(9)20-11-3-4-17-7-10(11)15/h2,5-6,10-11,17H,3-4,7H2,1H3,(H,16,21)(H2,18,19,20)/t10-,11+/m1/s1. The fraction of sp³-hybridized carbons (Fsp3) is 0.429. The first kappa shape index (κ1) is 13.8.